The van der Waals surface area contributed by atoms with Crippen LogP contribution in [0.5, 0.6) is 0 Å². The van der Waals surface area contributed by atoms with Crippen molar-refractivity contribution in [3.63, 3.8) is 0 Å². The Kier molecular flexibility index (Phi) is 4.57. The fourth-order valence-electron chi connectivity index (χ4n) is 2.74. The minimum absolute atomic E-state index is 0.0686. The van der Waals surface area contributed by atoms with Gasteiger partial charge in [0.15, 0.2) is 0 Å². The van der Waals surface area contributed by atoms with Gasteiger partial charge in [0.25, 0.3) is 0 Å². The Morgan fingerprint density at radius 3 is 2.47 bits per heavy atom. The summed E-state index contributed by atoms with van der Waals surface area (Å²) < 4.78 is 0. The molecule has 1 saturated carbocycles. The summed E-state index contributed by atoms with van der Waals surface area (Å²) in [6.45, 7) is 0. The average Bonchev–Trinajstić information content (AvgIpc) is 2.48. The Hall–Kier alpha value is -1.82. The predicted octanol–water partition coefficient (Wildman–Crippen LogP) is 3.61. The largest absolute Gasteiger partial charge is 0.315 e. The number of anilines is 1. The van der Waals surface area contributed by atoms with Crippen LogP contribution in [0.3, 0.4) is 0 Å². The highest BCUT2D eigenvalue weighted by atomic mass is 16.2. The van der Waals surface area contributed by atoms with Gasteiger partial charge in [-0.15, -0.1) is 0 Å². The molecule has 0 heterocycles. The zero-order chi connectivity index (χ0) is 13.7. The van der Waals surface area contributed by atoms with Gasteiger partial charge in [0.1, 0.15) is 6.42 Å². The minimum atomic E-state index is -0.159. The van der Waals surface area contributed by atoms with E-state index in [1.54, 1.807) is 11.9 Å². The number of benzene rings is 1. The first-order valence-corrected chi connectivity index (χ1v) is 6.96. The van der Waals surface area contributed by atoms with Gasteiger partial charge in [-0.05, 0) is 36.5 Å². The van der Waals surface area contributed by atoms with Crippen molar-refractivity contribution in [2.75, 3.05) is 11.9 Å². The van der Waals surface area contributed by atoms with Crippen LogP contribution in [0.15, 0.2) is 24.3 Å². The standard InChI is InChI=1S/C16H20N2O/c1-18(16(19)11-12-17)15-9-7-14(8-10-15)13-5-3-2-4-6-13/h7-10,13H,2-6,11H2,1H3. The van der Waals surface area contributed by atoms with Crippen LogP contribution in [0.2, 0.25) is 0 Å². The number of nitriles is 1. The first-order valence-electron chi connectivity index (χ1n) is 6.96. The highest BCUT2D eigenvalue weighted by Crippen LogP contribution is 2.33. The zero-order valence-electron chi connectivity index (χ0n) is 11.4. The van der Waals surface area contributed by atoms with Gasteiger partial charge in [0.05, 0.1) is 6.07 Å². The highest BCUT2D eigenvalue weighted by molar-refractivity contribution is 5.94. The molecule has 1 aliphatic carbocycles. The molecule has 2 rings (SSSR count). The zero-order valence-corrected chi connectivity index (χ0v) is 11.4. The maximum absolute atomic E-state index is 11.6. The fourth-order valence-corrected chi connectivity index (χ4v) is 2.74. The van der Waals surface area contributed by atoms with Crippen molar-refractivity contribution in [3.05, 3.63) is 29.8 Å². The average molecular weight is 256 g/mol. The van der Waals surface area contributed by atoms with Gasteiger partial charge in [0.2, 0.25) is 5.91 Å². The Morgan fingerprint density at radius 2 is 1.89 bits per heavy atom. The normalized spacial score (nSPS) is 15.8. The van der Waals surface area contributed by atoms with Crippen molar-refractivity contribution >= 4 is 11.6 Å². The second kappa shape index (κ2) is 6.38. The Morgan fingerprint density at radius 1 is 1.26 bits per heavy atom. The van der Waals surface area contributed by atoms with E-state index in [1.165, 1.54) is 37.7 Å². The topological polar surface area (TPSA) is 44.1 Å². The molecule has 0 N–H and O–H groups in total. The molecule has 0 aliphatic heterocycles. The number of carbonyl (C=O) groups is 1. The summed E-state index contributed by atoms with van der Waals surface area (Å²) >= 11 is 0. The van der Waals surface area contributed by atoms with Crippen LogP contribution in [-0.4, -0.2) is 13.0 Å². The lowest BCUT2D eigenvalue weighted by Gasteiger charge is -2.23. The summed E-state index contributed by atoms with van der Waals surface area (Å²) in [5.74, 6) is 0.524. The smallest absolute Gasteiger partial charge is 0.240 e. The SMILES string of the molecule is CN(C(=O)CC#N)c1ccc(C2CCCCC2)cc1. The first-order chi connectivity index (χ1) is 9.22. The fraction of sp³-hybridized carbons (Fsp3) is 0.500. The van der Waals surface area contributed by atoms with Gasteiger partial charge < -0.3 is 4.90 Å². The molecule has 1 aliphatic rings. The minimum Gasteiger partial charge on any atom is -0.315 e. The van der Waals surface area contributed by atoms with Gasteiger partial charge in [-0.25, -0.2) is 0 Å². The molecule has 0 radical (unpaired) electrons. The molecule has 3 heteroatoms. The Labute approximate surface area is 114 Å². The lowest BCUT2D eigenvalue weighted by molar-refractivity contribution is -0.117. The maximum atomic E-state index is 11.6. The summed E-state index contributed by atoms with van der Waals surface area (Å²) in [4.78, 5) is 13.2. The summed E-state index contributed by atoms with van der Waals surface area (Å²) in [7, 11) is 1.72. The van der Waals surface area contributed by atoms with E-state index >= 15 is 0 Å². The molecule has 1 amide bonds. The molecule has 0 saturated heterocycles. The second-order valence-electron chi connectivity index (χ2n) is 5.21. The molecule has 0 bridgehead atoms. The van der Waals surface area contributed by atoms with Crippen molar-refractivity contribution in [1.82, 2.24) is 0 Å². The van der Waals surface area contributed by atoms with E-state index in [0.717, 1.165) is 5.69 Å². The van der Waals surface area contributed by atoms with Crippen molar-refractivity contribution in [2.45, 2.75) is 44.4 Å². The van der Waals surface area contributed by atoms with Gasteiger partial charge in [-0.3, -0.25) is 4.79 Å². The number of carbonyl (C=O) groups excluding carboxylic acids is 1. The number of rotatable bonds is 3. The number of hydrogen-bond acceptors (Lipinski definition) is 2. The van der Waals surface area contributed by atoms with Crippen LogP contribution in [0.25, 0.3) is 0 Å². The molecule has 100 valence electrons. The molecule has 1 fully saturated rings. The third-order valence-corrected chi connectivity index (χ3v) is 3.96. The van der Waals surface area contributed by atoms with Crippen molar-refractivity contribution in [3.8, 4) is 6.07 Å². The maximum Gasteiger partial charge on any atom is 0.240 e. The molecule has 0 unspecified atom stereocenters. The van der Waals surface area contributed by atoms with E-state index in [-0.39, 0.29) is 12.3 Å². The summed E-state index contributed by atoms with van der Waals surface area (Å²) in [6, 6.07) is 10.1. The Bertz CT molecular complexity index is 467. The van der Waals surface area contributed by atoms with E-state index in [2.05, 4.69) is 12.1 Å². The summed E-state index contributed by atoms with van der Waals surface area (Å²) in [6.07, 6.45) is 6.51. The third kappa shape index (κ3) is 3.35. The third-order valence-electron chi connectivity index (χ3n) is 3.96. The summed E-state index contributed by atoms with van der Waals surface area (Å²) in [5, 5.41) is 8.55. The van der Waals surface area contributed by atoms with Crippen LogP contribution in [0.1, 0.15) is 50.0 Å². The number of nitrogens with zero attached hydrogens (tertiary/aromatic N) is 2. The number of hydrogen-bond donors (Lipinski definition) is 0. The van der Waals surface area contributed by atoms with Crippen LogP contribution in [-0.2, 0) is 4.79 Å². The van der Waals surface area contributed by atoms with Gasteiger partial charge in [-0.1, -0.05) is 31.4 Å². The van der Waals surface area contributed by atoms with Crippen LogP contribution >= 0.6 is 0 Å². The quantitative estimate of drug-likeness (QED) is 0.829. The van der Waals surface area contributed by atoms with E-state index < -0.39 is 0 Å². The van der Waals surface area contributed by atoms with Gasteiger partial charge in [-0.2, -0.15) is 5.26 Å². The van der Waals surface area contributed by atoms with Crippen LogP contribution in [0.4, 0.5) is 5.69 Å². The molecule has 0 aromatic heterocycles. The van der Waals surface area contributed by atoms with Gasteiger partial charge in [0, 0.05) is 12.7 Å². The van der Waals surface area contributed by atoms with E-state index in [4.69, 9.17) is 5.26 Å². The second-order valence-corrected chi connectivity index (χ2v) is 5.21. The first kappa shape index (κ1) is 13.6. The van der Waals surface area contributed by atoms with E-state index in [0.29, 0.717) is 5.92 Å². The molecule has 0 spiro atoms. The van der Waals surface area contributed by atoms with Crippen LogP contribution in [0, 0.1) is 11.3 Å². The van der Waals surface area contributed by atoms with Crippen molar-refractivity contribution in [2.24, 2.45) is 0 Å². The summed E-state index contributed by atoms with van der Waals surface area (Å²) in [5.41, 5.74) is 2.24. The number of amides is 1. The molecule has 19 heavy (non-hydrogen) atoms. The highest BCUT2D eigenvalue weighted by Gasteiger charge is 2.16. The van der Waals surface area contributed by atoms with Crippen molar-refractivity contribution < 1.29 is 4.79 Å². The van der Waals surface area contributed by atoms with Crippen LogP contribution < -0.4 is 4.90 Å². The lowest BCUT2D eigenvalue weighted by Crippen LogP contribution is -2.25. The lowest BCUT2D eigenvalue weighted by atomic mass is 9.84. The predicted molar refractivity (Wildman–Crippen MR) is 75.9 cm³/mol. The molecule has 3 nitrogen and oxygen atoms in total. The van der Waals surface area contributed by atoms with Gasteiger partial charge >= 0.3 is 0 Å². The Balaban J connectivity index is 2.05. The molecule has 1 aromatic rings. The molecule has 1 aromatic carbocycles. The van der Waals surface area contributed by atoms with Crippen molar-refractivity contribution in [1.29, 1.82) is 5.26 Å². The van der Waals surface area contributed by atoms with E-state index in [9.17, 15) is 4.79 Å². The monoisotopic (exact) mass is 256 g/mol. The van der Waals surface area contributed by atoms with E-state index in [1.807, 2.05) is 18.2 Å². The molecular weight excluding hydrogens is 236 g/mol. The molecule has 0 atom stereocenters. The molecular formula is C16H20N2O.